The summed E-state index contributed by atoms with van der Waals surface area (Å²) in [6.45, 7) is 6.50. The Kier molecular flexibility index (Phi) is 5.98. The molecule has 6 nitrogen and oxygen atoms in total. The minimum absolute atomic E-state index is 0.0773. The lowest BCUT2D eigenvalue weighted by atomic mass is 10.1. The standard InChI is InChI=1S/C25H26N4O2/c1-17-9-7-12-21-18(2)15-22(27-25(17)21)29-23(16-19(3)28-29)26-24(30)13-8-14-31-20-10-5-4-6-11-20/h4-7,9-12,15-16H,8,13-14H2,1-3H3,(H,26,30). The Morgan fingerprint density at radius 1 is 1.00 bits per heavy atom. The smallest absolute Gasteiger partial charge is 0.225 e. The van der Waals surface area contributed by atoms with Gasteiger partial charge in [-0.1, -0.05) is 36.4 Å². The average molecular weight is 415 g/mol. The molecule has 2 heterocycles. The number of aromatic nitrogens is 3. The van der Waals surface area contributed by atoms with Crippen molar-refractivity contribution in [1.82, 2.24) is 14.8 Å². The van der Waals surface area contributed by atoms with Crippen molar-refractivity contribution in [2.45, 2.75) is 33.6 Å². The van der Waals surface area contributed by atoms with Gasteiger partial charge in [-0.05, 0) is 56.5 Å². The number of rotatable bonds is 7. The van der Waals surface area contributed by atoms with E-state index in [9.17, 15) is 4.79 Å². The Morgan fingerprint density at radius 3 is 2.61 bits per heavy atom. The fourth-order valence-electron chi connectivity index (χ4n) is 3.56. The van der Waals surface area contributed by atoms with Crippen LogP contribution >= 0.6 is 0 Å². The molecule has 0 saturated carbocycles. The maximum Gasteiger partial charge on any atom is 0.225 e. The Hall–Kier alpha value is -3.67. The van der Waals surface area contributed by atoms with Crippen LogP contribution in [-0.2, 0) is 4.79 Å². The Balaban J connectivity index is 1.47. The third-order valence-electron chi connectivity index (χ3n) is 5.11. The number of carbonyl (C=O) groups excluding carboxylic acids is 1. The van der Waals surface area contributed by atoms with Crippen LogP contribution in [0, 0.1) is 20.8 Å². The molecule has 0 aliphatic heterocycles. The zero-order valence-corrected chi connectivity index (χ0v) is 18.1. The number of para-hydroxylation sites is 2. The van der Waals surface area contributed by atoms with E-state index in [4.69, 9.17) is 9.72 Å². The van der Waals surface area contributed by atoms with E-state index >= 15 is 0 Å². The Bertz CT molecular complexity index is 1220. The number of anilines is 1. The number of nitrogens with one attached hydrogen (secondary N) is 1. The van der Waals surface area contributed by atoms with Crippen molar-refractivity contribution in [2.75, 3.05) is 11.9 Å². The van der Waals surface area contributed by atoms with E-state index in [1.165, 1.54) is 0 Å². The highest BCUT2D eigenvalue weighted by Gasteiger charge is 2.14. The van der Waals surface area contributed by atoms with Crippen LogP contribution in [0.25, 0.3) is 16.7 Å². The highest BCUT2D eigenvalue weighted by Crippen LogP contribution is 2.24. The van der Waals surface area contributed by atoms with E-state index in [0.717, 1.165) is 33.5 Å². The van der Waals surface area contributed by atoms with Gasteiger partial charge in [0.25, 0.3) is 0 Å². The molecule has 1 N–H and O–H groups in total. The van der Waals surface area contributed by atoms with Gasteiger partial charge in [-0.25, -0.2) is 4.98 Å². The predicted molar refractivity (Wildman–Crippen MR) is 123 cm³/mol. The first kappa shape index (κ1) is 20.6. The molecule has 158 valence electrons. The number of fused-ring (bicyclic) bond motifs is 1. The molecule has 4 aromatic rings. The summed E-state index contributed by atoms with van der Waals surface area (Å²) >= 11 is 0. The van der Waals surface area contributed by atoms with Crippen molar-refractivity contribution in [1.29, 1.82) is 0 Å². The van der Waals surface area contributed by atoms with Gasteiger partial charge in [-0.3, -0.25) is 4.79 Å². The number of benzene rings is 2. The molecule has 6 heteroatoms. The van der Waals surface area contributed by atoms with Crippen molar-refractivity contribution < 1.29 is 9.53 Å². The highest BCUT2D eigenvalue weighted by molar-refractivity contribution is 5.90. The van der Waals surface area contributed by atoms with Gasteiger partial charge < -0.3 is 10.1 Å². The van der Waals surface area contributed by atoms with Crippen molar-refractivity contribution in [3.8, 4) is 11.6 Å². The van der Waals surface area contributed by atoms with Gasteiger partial charge in [0.15, 0.2) is 5.82 Å². The van der Waals surface area contributed by atoms with Gasteiger partial charge in [0.2, 0.25) is 5.91 Å². The second kappa shape index (κ2) is 9.00. The van der Waals surface area contributed by atoms with Gasteiger partial charge in [0.1, 0.15) is 11.6 Å². The topological polar surface area (TPSA) is 69.0 Å². The lowest BCUT2D eigenvalue weighted by molar-refractivity contribution is -0.116. The highest BCUT2D eigenvalue weighted by atomic mass is 16.5. The van der Waals surface area contributed by atoms with Crippen molar-refractivity contribution >= 4 is 22.6 Å². The number of nitrogens with zero attached hydrogens (tertiary/aromatic N) is 3. The molecule has 1 amide bonds. The van der Waals surface area contributed by atoms with Gasteiger partial charge in [-0.2, -0.15) is 9.78 Å². The zero-order chi connectivity index (χ0) is 21.8. The number of amides is 1. The van der Waals surface area contributed by atoms with E-state index in [1.807, 2.05) is 68.4 Å². The van der Waals surface area contributed by atoms with Gasteiger partial charge >= 0.3 is 0 Å². The number of ether oxygens (including phenoxy) is 1. The van der Waals surface area contributed by atoms with E-state index in [0.29, 0.717) is 31.1 Å². The first-order chi connectivity index (χ1) is 15.0. The maximum absolute atomic E-state index is 12.5. The minimum Gasteiger partial charge on any atom is -0.494 e. The third kappa shape index (κ3) is 4.74. The summed E-state index contributed by atoms with van der Waals surface area (Å²) in [7, 11) is 0. The predicted octanol–water partition coefficient (Wildman–Crippen LogP) is 5.14. The van der Waals surface area contributed by atoms with Crippen LogP contribution in [0.15, 0.2) is 60.7 Å². The minimum atomic E-state index is -0.0773. The first-order valence-corrected chi connectivity index (χ1v) is 10.4. The van der Waals surface area contributed by atoms with Gasteiger partial charge in [-0.15, -0.1) is 0 Å². The summed E-state index contributed by atoms with van der Waals surface area (Å²) in [5.41, 5.74) is 3.98. The van der Waals surface area contributed by atoms with Crippen LogP contribution in [0.5, 0.6) is 5.75 Å². The second-order valence-corrected chi connectivity index (χ2v) is 7.66. The second-order valence-electron chi connectivity index (χ2n) is 7.66. The Morgan fingerprint density at radius 2 is 1.81 bits per heavy atom. The molecule has 0 aliphatic rings. The zero-order valence-electron chi connectivity index (χ0n) is 18.1. The number of pyridine rings is 1. The van der Waals surface area contributed by atoms with Gasteiger partial charge in [0, 0.05) is 17.9 Å². The number of hydrogen-bond acceptors (Lipinski definition) is 4. The molecule has 2 aromatic heterocycles. The summed E-state index contributed by atoms with van der Waals surface area (Å²) in [5, 5.41) is 8.66. The normalized spacial score (nSPS) is 10.9. The van der Waals surface area contributed by atoms with Crippen molar-refractivity contribution in [3.63, 3.8) is 0 Å². The van der Waals surface area contributed by atoms with Crippen LogP contribution in [0.4, 0.5) is 5.82 Å². The van der Waals surface area contributed by atoms with Crippen LogP contribution in [0.3, 0.4) is 0 Å². The average Bonchev–Trinajstić information content (AvgIpc) is 3.12. The van der Waals surface area contributed by atoms with Crippen molar-refractivity contribution in [3.05, 3.63) is 77.5 Å². The molecule has 2 aromatic carbocycles. The van der Waals surface area contributed by atoms with Crippen molar-refractivity contribution in [2.24, 2.45) is 0 Å². The fraction of sp³-hybridized carbons (Fsp3) is 0.240. The molecule has 0 aliphatic carbocycles. The molecule has 4 rings (SSSR count). The number of aryl methyl sites for hydroxylation is 3. The molecule has 0 spiro atoms. The summed E-state index contributed by atoms with van der Waals surface area (Å²) in [6, 6.07) is 19.6. The molecular weight excluding hydrogens is 388 g/mol. The molecule has 0 unspecified atom stereocenters. The molecule has 0 atom stereocenters. The fourth-order valence-corrected chi connectivity index (χ4v) is 3.56. The SMILES string of the molecule is Cc1cc(NC(=O)CCCOc2ccccc2)n(-c2cc(C)c3cccc(C)c3n2)n1. The maximum atomic E-state index is 12.5. The number of hydrogen-bond donors (Lipinski definition) is 1. The van der Waals surface area contributed by atoms with Crippen LogP contribution < -0.4 is 10.1 Å². The van der Waals surface area contributed by atoms with Crippen LogP contribution in [0.1, 0.15) is 29.7 Å². The lowest BCUT2D eigenvalue weighted by Gasteiger charge is -2.12. The van der Waals surface area contributed by atoms with Gasteiger partial charge in [0.05, 0.1) is 17.8 Å². The molecule has 31 heavy (non-hydrogen) atoms. The number of carbonyl (C=O) groups is 1. The molecule has 0 radical (unpaired) electrons. The van der Waals surface area contributed by atoms with Crippen LogP contribution in [0.2, 0.25) is 0 Å². The van der Waals surface area contributed by atoms with E-state index in [2.05, 4.69) is 23.4 Å². The molecule has 0 fully saturated rings. The molecular formula is C25H26N4O2. The summed E-state index contributed by atoms with van der Waals surface area (Å²) < 4.78 is 7.36. The first-order valence-electron chi connectivity index (χ1n) is 10.4. The monoisotopic (exact) mass is 414 g/mol. The molecule has 0 saturated heterocycles. The van der Waals surface area contributed by atoms with E-state index < -0.39 is 0 Å². The van der Waals surface area contributed by atoms with E-state index in [-0.39, 0.29) is 5.91 Å². The summed E-state index contributed by atoms with van der Waals surface area (Å²) in [4.78, 5) is 17.3. The quantitative estimate of drug-likeness (QED) is 0.425. The summed E-state index contributed by atoms with van der Waals surface area (Å²) in [5.74, 6) is 2.04. The lowest BCUT2D eigenvalue weighted by Crippen LogP contribution is -2.16. The van der Waals surface area contributed by atoms with Crippen LogP contribution in [-0.4, -0.2) is 27.3 Å². The van der Waals surface area contributed by atoms with E-state index in [1.54, 1.807) is 4.68 Å². The third-order valence-corrected chi connectivity index (χ3v) is 5.11. The molecule has 0 bridgehead atoms. The largest absolute Gasteiger partial charge is 0.494 e. The Labute approximate surface area is 181 Å². The summed E-state index contributed by atoms with van der Waals surface area (Å²) in [6.07, 6.45) is 0.987.